The molecule has 0 spiro atoms. The molecule has 5 atom stereocenters. The summed E-state index contributed by atoms with van der Waals surface area (Å²) < 4.78 is 0. The number of aromatic amines is 1. The van der Waals surface area contributed by atoms with Crippen LogP contribution in [-0.2, 0) is 25.6 Å². The molecule has 0 bridgehead atoms. The van der Waals surface area contributed by atoms with Crippen molar-refractivity contribution in [2.75, 3.05) is 0 Å². The molecule has 1 saturated heterocycles. The highest BCUT2D eigenvalue weighted by Crippen LogP contribution is 2.28. The van der Waals surface area contributed by atoms with Crippen LogP contribution >= 0.6 is 0 Å². The molecule has 1 fully saturated rings. The van der Waals surface area contributed by atoms with Gasteiger partial charge in [-0.3, -0.25) is 19.2 Å². The number of piperidine rings is 1. The fraction of sp³-hybridized carbons (Fsp3) is 0.594. The highest BCUT2D eigenvalue weighted by Gasteiger charge is 2.35. The maximum absolute atomic E-state index is 13.7. The van der Waals surface area contributed by atoms with E-state index >= 15 is 0 Å². The summed E-state index contributed by atoms with van der Waals surface area (Å²) in [7, 11) is 0. The number of nitrogens with one attached hydrogen (secondary N) is 2. The standard InChI is InChI=1S/C32H44N4O4/c1-7-23(22(6)37)15-30(38)28(16-26-24-13-8-9-14-27(24)34-29(26)18-33)35-32(40)25(19(2)3)17-31(39)36-20(4)11-10-12-21(36)5/h8-9,13-14,19-21,23,25,28,34H,7,10-12,15-17H2,1-6H3,(H,35,40)/t20-,21+,23-,25-,28+/m0/s1. The van der Waals surface area contributed by atoms with E-state index in [4.69, 9.17) is 0 Å². The van der Waals surface area contributed by atoms with Gasteiger partial charge in [0.15, 0.2) is 5.78 Å². The van der Waals surface area contributed by atoms with E-state index in [0.29, 0.717) is 17.7 Å². The number of nitrogens with zero attached hydrogens (tertiary/aromatic N) is 2. The number of carbonyl (C=O) groups excluding carboxylic acids is 4. The molecule has 216 valence electrons. The van der Waals surface area contributed by atoms with Crippen molar-refractivity contribution < 1.29 is 19.2 Å². The molecular weight excluding hydrogens is 504 g/mol. The molecule has 0 saturated carbocycles. The number of likely N-dealkylation sites (tertiary alicyclic amines) is 1. The van der Waals surface area contributed by atoms with Gasteiger partial charge in [0.25, 0.3) is 0 Å². The van der Waals surface area contributed by atoms with E-state index in [-0.39, 0.29) is 60.6 Å². The van der Waals surface area contributed by atoms with Gasteiger partial charge < -0.3 is 15.2 Å². The van der Waals surface area contributed by atoms with Crippen LogP contribution in [0.25, 0.3) is 10.9 Å². The van der Waals surface area contributed by atoms with Gasteiger partial charge in [0.1, 0.15) is 17.5 Å². The van der Waals surface area contributed by atoms with Crippen molar-refractivity contribution in [1.29, 1.82) is 5.26 Å². The van der Waals surface area contributed by atoms with Crippen LogP contribution in [0.2, 0.25) is 0 Å². The van der Waals surface area contributed by atoms with Crippen molar-refractivity contribution in [2.45, 2.75) is 105 Å². The first-order valence-corrected chi connectivity index (χ1v) is 14.6. The second-order valence-electron chi connectivity index (χ2n) is 11.8. The number of fused-ring (bicyclic) bond motifs is 1. The lowest BCUT2D eigenvalue weighted by molar-refractivity contribution is -0.142. The van der Waals surface area contributed by atoms with Gasteiger partial charge in [0, 0.05) is 54.1 Å². The summed E-state index contributed by atoms with van der Waals surface area (Å²) in [5.74, 6) is -1.89. The van der Waals surface area contributed by atoms with E-state index < -0.39 is 17.9 Å². The lowest BCUT2D eigenvalue weighted by Crippen LogP contribution is -2.50. The summed E-state index contributed by atoms with van der Waals surface area (Å²) >= 11 is 0. The smallest absolute Gasteiger partial charge is 0.224 e. The van der Waals surface area contributed by atoms with Crippen LogP contribution in [-0.4, -0.2) is 51.4 Å². The number of benzene rings is 1. The summed E-state index contributed by atoms with van der Waals surface area (Å²) in [6.45, 7) is 11.3. The lowest BCUT2D eigenvalue weighted by Gasteiger charge is -2.40. The maximum atomic E-state index is 13.7. The van der Waals surface area contributed by atoms with Crippen LogP contribution < -0.4 is 5.32 Å². The minimum absolute atomic E-state index is 0.00903. The molecule has 2 amide bonds. The first-order chi connectivity index (χ1) is 19.0. The third-order valence-corrected chi connectivity index (χ3v) is 8.57. The van der Waals surface area contributed by atoms with E-state index in [1.807, 2.05) is 49.9 Å². The fourth-order valence-corrected chi connectivity index (χ4v) is 6.03. The first-order valence-electron chi connectivity index (χ1n) is 14.6. The second kappa shape index (κ2) is 13.7. The van der Waals surface area contributed by atoms with Crippen LogP contribution in [0.4, 0.5) is 0 Å². The van der Waals surface area contributed by atoms with Gasteiger partial charge >= 0.3 is 0 Å². The Hall–Kier alpha value is -3.47. The van der Waals surface area contributed by atoms with Gasteiger partial charge in [0.05, 0.1) is 6.04 Å². The Balaban J connectivity index is 1.89. The highest BCUT2D eigenvalue weighted by atomic mass is 16.2. The molecule has 1 aliphatic rings. The number of hydrogen-bond donors (Lipinski definition) is 2. The second-order valence-corrected chi connectivity index (χ2v) is 11.8. The van der Waals surface area contributed by atoms with E-state index in [0.717, 1.165) is 30.2 Å². The number of hydrogen-bond acceptors (Lipinski definition) is 5. The molecule has 0 unspecified atom stereocenters. The van der Waals surface area contributed by atoms with Crippen LogP contribution in [0.3, 0.4) is 0 Å². The molecule has 40 heavy (non-hydrogen) atoms. The third-order valence-electron chi connectivity index (χ3n) is 8.57. The van der Waals surface area contributed by atoms with Gasteiger partial charge in [-0.25, -0.2) is 0 Å². The van der Waals surface area contributed by atoms with Crippen molar-refractivity contribution in [3.63, 3.8) is 0 Å². The average molecular weight is 549 g/mol. The summed E-state index contributed by atoms with van der Waals surface area (Å²) in [5, 5.41) is 13.6. The third kappa shape index (κ3) is 7.18. The molecule has 3 rings (SSSR count). The Labute approximate surface area is 237 Å². The number of para-hydroxylation sites is 1. The SMILES string of the molecule is CC[C@@H](CC(=O)[C@@H](Cc1c(C#N)[nH]c2ccccc12)NC(=O)[C@@H](CC(=O)N1[C@H](C)CCC[C@@H]1C)C(C)C)C(C)=O. The average Bonchev–Trinajstić information content (AvgIpc) is 3.26. The van der Waals surface area contributed by atoms with Gasteiger partial charge in [-0.1, -0.05) is 39.0 Å². The molecule has 2 aromatic rings. The Morgan fingerprint density at radius 2 is 1.75 bits per heavy atom. The van der Waals surface area contributed by atoms with E-state index in [1.165, 1.54) is 6.92 Å². The maximum Gasteiger partial charge on any atom is 0.224 e. The van der Waals surface area contributed by atoms with Gasteiger partial charge in [-0.05, 0) is 64.0 Å². The number of ketones is 2. The Kier molecular flexibility index (Phi) is 10.7. The summed E-state index contributed by atoms with van der Waals surface area (Å²) in [4.78, 5) is 57.9. The molecule has 0 aliphatic carbocycles. The molecule has 1 aromatic heterocycles. The van der Waals surface area contributed by atoms with E-state index in [1.54, 1.807) is 0 Å². The van der Waals surface area contributed by atoms with Crippen molar-refractivity contribution in [2.24, 2.45) is 17.8 Å². The number of nitriles is 1. The molecule has 2 heterocycles. The first kappa shape index (κ1) is 31.1. The molecule has 1 aliphatic heterocycles. The molecule has 8 nitrogen and oxygen atoms in total. The minimum atomic E-state index is -0.934. The predicted octanol–water partition coefficient (Wildman–Crippen LogP) is 5.09. The zero-order valence-electron chi connectivity index (χ0n) is 24.8. The van der Waals surface area contributed by atoms with Crippen LogP contribution in [0.15, 0.2) is 24.3 Å². The monoisotopic (exact) mass is 548 g/mol. The number of Topliss-reactive ketones (excluding diaryl/α,β-unsaturated/α-hetero) is 2. The molecule has 1 aromatic carbocycles. The number of rotatable bonds is 12. The normalized spacial score (nSPS) is 19.6. The van der Waals surface area contributed by atoms with E-state index in [2.05, 4.69) is 30.2 Å². The fourth-order valence-electron chi connectivity index (χ4n) is 6.03. The number of aromatic nitrogens is 1. The zero-order chi connectivity index (χ0) is 29.6. The predicted molar refractivity (Wildman–Crippen MR) is 155 cm³/mol. The quantitative estimate of drug-likeness (QED) is 0.382. The Bertz CT molecular complexity index is 1260. The van der Waals surface area contributed by atoms with Crippen LogP contribution in [0, 0.1) is 29.1 Å². The Morgan fingerprint density at radius 3 is 2.33 bits per heavy atom. The summed E-state index contributed by atoms with van der Waals surface area (Å²) in [6, 6.07) is 8.98. The van der Waals surface area contributed by atoms with Gasteiger partial charge in [-0.2, -0.15) is 5.26 Å². The molecule has 2 N–H and O–H groups in total. The van der Waals surface area contributed by atoms with E-state index in [9.17, 15) is 24.4 Å². The summed E-state index contributed by atoms with van der Waals surface area (Å²) in [5.41, 5.74) is 1.77. The highest BCUT2D eigenvalue weighted by molar-refractivity contribution is 5.95. The van der Waals surface area contributed by atoms with Crippen molar-refractivity contribution in [1.82, 2.24) is 15.2 Å². The topological polar surface area (TPSA) is 123 Å². The zero-order valence-corrected chi connectivity index (χ0v) is 24.8. The number of amides is 2. The Morgan fingerprint density at radius 1 is 1.10 bits per heavy atom. The van der Waals surface area contributed by atoms with Crippen molar-refractivity contribution in [3.05, 3.63) is 35.5 Å². The minimum Gasteiger partial charge on any atom is -0.346 e. The van der Waals surface area contributed by atoms with Gasteiger partial charge in [-0.15, -0.1) is 0 Å². The van der Waals surface area contributed by atoms with Crippen LogP contribution in [0.1, 0.15) is 91.3 Å². The van der Waals surface area contributed by atoms with Crippen LogP contribution in [0.5, 0.6) is 0 Å². The number of carbonyl (C=O) groups is 4. The van der Waals surface area contributed by atoms with Crippen molar-refractivity contribution in [3.8, 4) is 6.07 Å². The number of H-pyrrole nitrogens is 1. The van der Waals surface area contributed by atoms with Gasteiger partial charge in [0.2, 0.25) is 11.8 Å². The lowest BCUT2D eigenvalue weighted by atomic mass is 9.87. The van der Waals surface area contributed by atoms with Crippen molar-refractivity contribution >= 4 is 34.3 Å². The molecular formula is C32H44N4O4. The summed E-state index contributed by atoms with van der Waals surface area (Å²) in [6.07, 6.45) is 3.70. The molecule has 0 radical (unpaired) electrons. The largest absolute Gasteiger partial charge is 0.346 e. The molecule has 8 heteroatoms.